The molecule has 0 saturated heterocycles. The van der Waals surface area contributed by atoms with Gasteiger partial charge in [0, 0.05) is 19.7 Å². The van der Waals surface area contributed by atoms with Crippen LogP contribution in [0.4, 0.5) is 10.3 Å². The number of nitrogen functional groups attached to an aromatic ring is 1. The van der Waals surface area contributed by atoms with Crippen LogP contribution < -0.4 is 11.3 Å². The van der Waals surface area contributed by atoms with E-state index in [0.29, 0.717) is 19.2 Å². The summed E-state index contributed by atoms with van der Waals surface area (Å²) in [5, 5.41) is 0. The second-order valence-corrected chi connectivity index (χ2v) is 14.6. The monoisotopic (exact) mass is 567 g/mol. The number of ether oxygens (including phenoxy) is 1. The Kier molecular flexibility index (Phi) is 11.3. The number of alkyl halides is 1. The molecule has 3 atom stereocenters. The number of anilines is 1. The predicted octanol–water partition coefficient (Wildman–Crippen LogP) is 6.26. The molecule has 0 aliphatic carbocycles. The number of halogens is 1. The molecular weight excluding hydrogens is 520 g/mol. The lowest BCUT2D eigenvalue weighted by atomic mass is 9.85. The minimum Gasteiger partial charge on any atom is -0.379 e. The van der Waals surface area contributed by atoms with E-state index < -0.39 is 25.3 Å². The molecule has 9 nitrogen and oxygen atoms in total. The van der Waals surface area contributed by atoms with Crippen LogP contribution in [0.3, 0.4) is 0 Å². The van der Waals surface area contributed by atoms with Gasteiger partial charge < -0.3 is 19.5 Å². The van der Waals surface area contributed by atoms with E-state index in [4.69, 9.17) is 19.5 Å². The molecule has 0 spiro atoms. The molecule has 0 aliphatic rings. The number of nitrogens with one attached hydrogen (secondary N) is 1. The van der Waals surface area contributed by atoms with Gasteiger partial charge in [-0.1, -0.05) is 72.1 Å². The Bertz CT molecular complexity index is 1210. The molecule has 0 aromatic carbocycles. The maximum Gasteiger partial charge on any atom is 0.280 e. The van der Waals surface area contributed by atoms with E-state index in [1.165, 1.54) is 18.0 Å². The number of methoxy groups -OCH3 is 1. The average molecular weight is 568 g/mol. The normalized spacial score (nSPS) is 15.7. The van der Waals surface area contributed by atoms with Gasteiger partial charge in [0.2, 0.25) is 5.95 Å². The molecule has 1 unspecified atom stereocenters. The van der Waals surface area contributed by atoms with Crippen LogP contribution in [0, 0.1) is 10.8 Å². The third kappa shape index (κ3) is 9.71. The third-order valence-corrected chi connectivity index (χ3v) is 9.14. The molecule has 0 bridgehead atoms. The number of aromatic amines is 1. The Morgan fingerprint density at radius 3 is 2.36 bits per heavy atom. The molecule has 39 heavy (non-hydrogen) atoms. The number of allylic oxidation sites excluding steroid dienone is 1. The van der Waals surface area contributed by atoms with Crippen LogP contribution in [0.2, 0.25) is 0 Å². The van der Waals surface area contributed by atoms with Crippen LogP contribution in [0.5, 0.6) is 0 Å². The van der Waals surface area contributed by atoms with Gasteiger partial charge >= 0.3 is 0 Å². The van der Waals surface area contributed by atoms with E-state index in [2.05, 4.69) is 76.0 Å². The molecule has 2 rings (SSSR count). The Labute approximate surface area is 232 Å². The Balaban J connectivity index is 2.09. The van der Waals surface area contributed by atoms with E-state index in [1.807, 2.05) is 0 Å². The number of rotatable bonds is 15. The van der Waals surface area contributed by atoms with Gasteiger partial charge in [0.1, 0.15) is 7.34 Å². The summed E-state index contributed by atoms with van der Waals surface area (Å²) in [6, 6.07) is 0. The van der Waals surface area contributed by atoms with Crippen LogP contribution in [0.15, 0.2) is 35.4 Å². The van der Waals surface area contributed by atoms with Gasteiger partial charge in [-0.25, -0.2) is 9.37 Å². The van der Waals surface area contributed by atoms with E-state index >= 15 is 4.39 Å². The summed E-state index contributed by atoms with van der Waals surface area (Å²) < 4.78 is 34.6. The van der Waals surface area contributed by atoms with Crippen LogP contribution in [0.25, 0.3) is 11.2 Å². The highest BCUT2D eigenvalue weighted by molar-refractivity contribution is 7.64. The molecule has 0 fully saturated rings. The average Bonchev–Trinajstić information content (AvgIpc) is 3.24. The largest absolute Gasteiger partial charge is 0.379 e. The molecule has 0 radical (unpaired) electrons. The molecule has 0 aliphatic heterocycles. The summed E-state index contributed by atoms with van der Waals surface area (Å²) in [4.78, 5) is 22.4. The third-order valence-electron chi connectivity index (χ3n) is 6.87. The van der Waals surface area contributed by atoms with Crippen molar-refractivity contribution in [1.82, 2.24) is 19.5 Å². The quantitative estimate of drug-likeness (QED) is 0.193. The first-order valence-electron chi connectivity index (χ1n) is 13.2. The lowest BCUT2D eigenvalue weighted by Gasteiger charge is -2.29. The van der Waals surface area contributed by atoms with Crippen molar-refractivity contribution in [3.8, 4) is 0 Å². The number of hydrogen-bond acceptors (Lipinski definition) is 7. The minimum atomic E-state index is -2.54. The Hall–Kier alpha value is -2.26. The van der Waals surface area contributed by atoms with Crippen molar-refractivity contribution in [3.63, 3.8) is 0 Å². The first-order chi connectivity index (χ1) is 18.0. The van der Waals surface area contributed by atoms with Crippen LogP contribution >= 0.6 is 7.34 Å². The van der Waals surface area contributed by atoms with Crippen molar-refractivity contribution in [1.29, 1.82) is 0 Å². The van der Waals surface area contributed by atoms with Gasteiger partial charge in [0.15, 0.2) is 17.5 Å². The van der Waals surface area contributed by atoms with Crippen LogP contribution in [-0.4, -0.2) is 58.4 Å². The van der Waals surface area contributed by atoms with E-state index in [-0.39, 0.29) is 41.0 Å². The number of H-pyrrole nitrogens is 1. The summed E-state index contributed by atoms with van der Waals surface area (Å²) in [7, 11) is -1.04. The standard InChI is InChI=1S/C28H47FN5O4P/c1-19(27(3,4)5)12-11-15-39(10,37-14-13-20(2)28(6,7)8)38-17-21(36-9)16-22(29)34-18-31-23-24(34)32-26(30)33-25(23)35/h18,21-22H,1-2,10-17H2,3-9H3,(H3,30,32,33,35)/t21-,22-,39?/m0/s1. The Morgan fingerprint density at radius 1 is 1.15 bits per heavy atom. The lowest BCUT2D eigenvalue weighted by Crippen LogP contribution is -2.23. The highest BCUT2D eigenvalue weighted by Gasteiger charge is 2.25. The zero-order chi connectivity index (χ0) is 29.6. The van der Waals surface area contributed by atoms with Gasteiger partial charge in [-0.2, -0.15) is 4.98 Å². The molecule has 2 heterocycles. The first kappa shape index (κ1) is 32.9. The fourth-order valence-corrected chi connectivity index (χ4v) is 5.55. The highest BCUT2D eigenvalue weighted by atomic mass is 31.2. The molecule has 2 aromatic rings. The lowest BCUT2D eigenvalue weighted by molar-refractivity contribution is 0.0209. The van der Waals surface area contributed by atoms with Crippen molar-refractivity contribution >= 4 is 30.8 Å². The molecule has 0 amide bonds. The molecular formula is C28H47FN5O4P. The maximum atomic E-state index is 15.4. The van der Waals surface area contributed by atoms with Crippen molar-refractivity contribution in [2.24, 2.45) is 10.8 Å². The van der Waals surface area contributed by atoms with Crippen molar-refractivity contribution in [2.45, 2.75) is 79.6 Å². The first-order valence-corrected chi connectivity index (χ1v) is 15.2. The van der Waals surface area contributed by atoms with Crippen molar-refractivity contribution in [2.75, 3.05) is 32.2 Å². The summed E-state index contributed by atoms with van der Waals surface area (Å²) in [5.41, 5.74) is 7.45. The number of hydrogen-bond donors (Lipinski definition) is 2. The topological polar surface area (TPSA) is 117 Å². The Morgan fingerprint density at radius 2 is 1.77 bits per heavy atom. The van der Waals surface area contributed by atoms with Crippen molar-refractivity contribution in [3.05, 3.63) is 41.0 Å². The summed E-state index contributed by atoms with van der Waals surface area (Å²) in [5.74, 6) is -0.111. The van der Waals surface area contributed by atoms with Gasteiger partial charge in [-0.05, 0) is 30.1 Å². The number of nitrogens with two attached hydrogens (primary N) is 1. The maximum absolute atomic E-state index is 15.4. The van der Waals surface area contributed by atoms with Crippen LogP contribution in [0.1, 0.15) is 73.5 Å². The molecule has 220 valence electrons. The highest BCUT2D eigenvalue weighted by Crippen LogP contribution is 2.50. The number of imidazole rings is 1. The summed E-state index contributed by atoms with van der Waals surface area (Å²) in [6.07, 6.45) is 6.36. The number of nitrogens with zero attached hydrogens (tertiary/aromatic N) is 3. The smallest absolute Gasteiger partial charge is 0.280 e. The molecule has 2 aromatic heterocycles. The number of aromatic nitrogens is 4. The zero-order valence-corrected chi connectivity index (χ0v) is 25.6. The summed E-state index contributed by atoms with van der Waals surface area (Å²) in [6.45, 7) is 21.8. The number of fused-ring (bicyclic) bond motifs is 1. The zero-order valence-electron chi connectivity index (χ0n) is 24.7. The van der Waals surface area contributed by atoms with Gasteiger partial charge in [0.25, 0.3) is 5.56 Å². The van der Waals surface area contributed by atoms with Crippen molar-refractivity contribution < 1.29 is 18.2 Å². The second kappa shape index (κ2) is 13.4. The molecule has 0 saturated carbocycles. The van der Waals surface area contributed by atoms with E-state index in [1.54, 1.807) is 0 Å². The van der Waals surface area contributed by atoms with Gasteiger partial charge in [-0.15, -0.1) is 0 Å². The van der Waals surface area contributed by atoms with E-state index in [9.17, 15) is 4.79 Å². The molecule has 3 N–H and O–H groups in total. The second-order valence-electron chi connectivity index (χ2n) is 12.0. The molecule has 11 heteroatoms. The summed E-state index contributed by atoms with van der Waals surface area (Å²) >= 11 is 0. The fraction of sp³-hybridized carbons (Fsp3) is 0.643. The van der Waals surface area contributed by atoms with Crippen LogP contribution in [-0.2, 0) is 13.8 Å². The minimum absolute atomic E-state index is 0.0156. The predicted molar refractivity (Wildman–Crippen MR) is 160 cm³/mol. The van der Waals surface area contributed by atoms with Gasteiger partial charge in [0.05, 0.1) is 25.6 Å². The fourth-order valence-electron chi connectivity index (χ4n) is 3.71. The SMILES string of the molecule is C=C(CCCP(=C)(OCCC(=C)C(C)(C)C)OC[C@H](C[C@@H](F)n1cnc2c(=O)[nH]c(N)nc21)OC)C(C)(C)C. The van der Waals surface area contributed by atoms with E-state index in [0.717, 1.165) is 24.0 Å². The van der Waals surface area contributed by atoms with Gasteiger partial charge in [-0.3, -0.25) is 14.3 Å².